The number of carbonyl (C=O) groups excluding carboxylic acids is 1. The summed E-state index contributed by atoms with van der Waals surface area (Å²) in [5.41, 5.74) is -0.177. The number of hydrogen-bond donors (Lipinski definition) is 1. The standard InChI is InChI=1S/C14H16FNO2/c15-10-4-6-11(7-5-10)18-12-13(17)16-14(12)8-2-1-3-9-14/h4-7,12H,1-3,8-9H2,(H,16,17)/t12-/m0/s1. The minimum Gasteiger partial charge on any atom is -0.478 e. The number of ether oxygens (including phenoxy) is 1. The Morgan fingerprint density at radius 1 is 1.17 bits per heavy atom. The highest BCUT2D eigenvalue weighted by molar-refractivity contribution is 5.90. The van der Waals surface area contributed by atoms with Crippen LogP contribution in [0.15, 0.2) is 24.3 Å². The van der Waals surface area contributed by atoms with Gasteiger partial charge in [0.1, 0.15) is 11.6 Å². The van der Waals surface area contributed by atoms with E-state index in [-0.39, 0.29) is 17.3 Å². The maximum absolute atomic E-state index is 12.8. The monoisotopic (exact) mass is 249 g/mol. The first kappa shape index (κ1) is 11.5. The number of β-lactam (4-membered cyclic amide) rings is 1. The van der Waals surface area contributed by atoms with Gasteiger partial charge in [-0.05, 0) is 37.1 Å². The molecule has 2 aliphatic rings. The second kappa shape index (κ2) is 4.26. The smallest absolute Gasteiger partial charge is 0.264 e. The molecule has 2 fully saturated rings. The summed E-state index contributed by atoms with van der Waals surface area (Å²) >= 11 is 0. The van der Waals surface area contributed by atoms with Crippen LogP contribution in [0.2, 0.25) is 0 Å². The third-order valence-corrected chi connectivity index (χ3v) is 3.93. The number of rotatable bonds is 2. The van der Waals surface area contributed by atoms with Crippen LogP contribution in [-0.4, -0.2) is 17.6 Å². The highest BCUT2D eigenvalue weighted by atomic mass is 19.1. The summed E-state index contributed by atoms with van der Waals surface area (Å²) in [4.78, 5) is 11.7. The van der Waals surface area contributed by atoms with Crippen LogP contribution < -0.4 is 10.1 Å². The van der Waals surface area contributed by atoms with Crippen LogP contribution in [0, 0.1) is 5.82 Å². The van der Waals surface area contributed by atoms with E-state index in [9.17, 15) is 9.18 Å². The first-order chi connectivity index (χ1) is 8.70. The Kier molecular flexibility index (Phi) is 2.73. The van der Waals surface area contributed by atoms with Crippen molar-refractivity contribution in [3.8, 4) is 5.75 Å². The number of hydrogen-bond acceptors (Lipinski definition) is 2. The van der Waals surface area contributed by atoms with Gasteiger partial charge in [-0.2, -0.15) is 0 Å². The molecule has 0 bridgehead atoms. The van der Waals surface area contributed by atoms with Gasteiger partial charge in [0.2, 0.25) is 0 Å². The number of amides is 1. The predicted octanol–water partition coefficient (Wildman–Crippen LogP) is 2.41. The normalized spacial score (nSPS) is 25.4. The van der Waals surface area contributed by atoms with Crippen LogP contribution in [0.5, 0.6) is 5.75 Å². The number of benzene rings is 1. The maximum atomic E-state index is 12.8. The Morgan fingerprint density at radius 3 is 2.44 bits per heavy atom. The van der Waals surface area contributed by atoms with E-state index in [1.54, 1.807) is 12.1 Å². The van der Waals surface area contributed by atoms with Crippen molar-refractivity contribution < 1.29 is 13.9 Å². The highest BCUT2D eigenvalue weighted by Crippen LogP contribution is 2.38. The van der Waals surface area contributed by atoms with Gasteiger partial charge in [0, 0.05) is 0 Å². The van der Waals surface area contributed by atoms with Gasteiger partial charge in [-0.3, -0.25) is 4.79 Å². The van der Waals surface area contributed by atoms with Gasteiger partial charge in [-0.15, -0.1) is 0 Å². The van der Waals surface area contributed by atoms with Crippen LogP contribution in [0.25, 0.3) is 0 Å². The van der Waals surface area contributed by atoms with Crippen LogP contribution in [0.1, 0.15) is 32.1 Å². The molecule has 1 amide bonds. The summed E-state index contributed by atoms with van der Waals surface area (Å²) < 4.78 is 18.5. The average Bonchev–Trinajstić information content (AvgIpc) is 2.39. The molecule has 0 unspecified atom stereocenters. The summed E-state index contributed by atoms with van der Waals surface area (Å²) in [6, 6.07) is 5.83. The lowest BCUT2D eigenvalue weighted by molar-refractivity contribution is -0.151. The second-order valence-corrected chi connectivity index (χ2v) is 5.16. The van der Waals surface area contributed by atoms with Gasteiger partial charge in [-0.1, -0.05) is 19.3 Å². The SMILES string of the molecule is O=C1NC2(CCCCC2)[C@H]1Oc1ccc(F)cc1. The molecule has 1 saturated carbocycles. The van der Waals surface area contributed by atoms with E-state index >= 15 is 0 Å². The zero-order chi connectivity index (χ0) is 12.6. The van der Waals surface area contributed by atoms with E-state index in [0.29, 0.717) is 5.75 Å². The fourth-order valence-electron chi connectivity index (χ4n) is 2.94. The zero-order valence-electron chi connectivity index (χ0n) is 10.1. The summed E-state index contributed by atoms with van der Waals surface area (Å²) in [5.74, 6) is 0.204. The molecule has 0 aromatic heterocycles. The Balaban J connectivity index is 1.74. The molecule has 18 heavy (non-hydrogen) atoms. The van der Waals surface area contributed by atoms with Crippen molar-refractivity contribution in [1.82, 2.24) is 5.32 Å². The summed E-state index contributed by atoms with van der Waals surface area (Å²) in [5, 5.41) is 3.00. The minimum atomic E-state index is -0.414. The van der Waals surface area contributed by atoms with Crippen molar-refractivity contribution in [3.05, 3.63) is 30.1 Å². The fourth-order valence-corrected chi connectivity index (χ4v) is 2.94. The van der Waals surface area contributed by atoms with Gasteiger partial charge in [0.15, 0.2) is 6.10 Å². The highest BCUT2D eigenvalue weighted by Gasteiger charge is 2.55. The maximum Gasteiger partial charge on any atom is 0.264 e. The van der Waals surface area contributed by atoms with Crippen molar-refractivity contribution in [2.75, 3.05) is 0 Å². The minimum absolute atomic E-state index is 0.0544. The predicted molar refractivity (Wildman–Crippen MR) is 64.8 cm³/mol. The van der Waals surface area contributed by atoms with E-state index in [1.807, 2.05) is 0 Å². The zero-order valence-corrected chi connectivity index (χ0v) is 10.1. The van der Waals surface area contributed by atoms with E-state index in [1.165, 1.54) is 18.6 Å². The van der Waals surface area contributed by atoms with E-state index in [2.05, 4.69) is 5.32 Å². The molecule has 1 aliphatic heterocycles. The topological polar surface area (TPSA) is 38.3 Å². The van der Waals surface area contributed by atoms with Crippen molar-refractivity contribution in [1.29, 1.82) is 0 Å². The molecule has 96 valence electrons. The molecular formula is C14H16FNO2. The summed E-state index contributed by atoms with van der Waals surface area (Å²) in [6.07, 6.45) is 5.02. The molecule has 1 aliphatic carbocycles. The Bertz CT molecular complexity index is 451. The van der Waals surface area contributed by atoms with E-state index in [4.69, 9.17) is 4.74 Å². The van der Waals surface area contributed by atoms with Gasteiger partial charge < -0.3 is 10.1 Å². The first-order valence-electron chi connectivity index (χ1n) is 6.44. The molecule has 3 nitrogen and oxygen atoms in total. The molecule has 1 saturated heterocycles. The molecule has 0 radical (unpaired) electrons. The van der Waals surface area contributed by atoms with Crippen LogP contribution in [0.4, 0.5) is 4.39 Å². The third kappa shape index (κ3) is 1.85. The van der Waals surface area contributed by atoms with Gasteiger partial charge >= 0.3 is 0 Å². The van der Waals surface area contributed by atoms with E-state index in [0.717, 1.165) is 25.7 Å². The van der Waals surface area contributed by atoms with Gasteiger partial charge in [-0.25, -0.2) is 4.39 Å². The molecule has 1 N–H and O–H groups in total. The Labute approximate surface area is 105 Å². The van der Waals surface area contributed by atoms with Crippen molar-refractivity contribution >= 4 is 5.91 Å². The van der Waals surface area contributed by atoms with Crippen molar-refractivity contribution in [2.45, 2.75) is 43.7 Å². The van der Waals surface area contributed by atoms with Crippen LogP contribution >= 0.6 is 0 Å². The second-order valence-electron chi connectivity index (χ2n) is 5.16. The van der Waals surface area contributed by atoms with Crippen molar-refractivity contribution in [2.24, 2.45) is 0 Å². The fraction of sp³-hybridized carbons (Fsp3) is 0.500. The van der Waals surface area contributed by atoms with Crippen molar-refractivity contribution in [3.63, 3.8) is 0 Å². The van der Waals surface area contributed by atoms with Crippen LogP contribution in [-0.2, 0) is 4.79 Å². The van der Waals surface area contributed by atoms with Gasteiger partial charge in [0.25, 0.3) is 5.91 Å². The number of carbonyl (C=O) groups is 1. The van der Waals surface area contributed by atoms with E-state index < -0.39 is 6.10 Å². The number of halogens is 1. The Hall–Kier alpha value is -1.58. The molecule has 3 rings (SSSR count). The summed E-state index contributed by atoms with van der Waals surface area (Å²) in [7, 11) is 0. The summed E-state index contributed by atoms with van der Waals surface area (Å²) in [6.45, 7) is 0. The molecule has 4 heteroatoms. The lowest BCUT2D eigenvalue weighted by Crippen LogP contribution is -2.75. The molecule has 1 heterocycles. The first-order valence-corrected chi connectivity index (χ1v) is 6.44. The largest absolute Gasteiger partial charge is 0.478 e. The molecule has 1 atom stereocenters. The van der Waals surface area contributed by atoms with Crippen LogP contribution in [0.3, 0.4) is 0 Å². The quantitative estimate of drug-likeness (QED) is 0.817. The average molecular weight is 249 g/mol. The molecule has 1 spiro atoms. The van der Waals surface area contributed by atoms with Gasteiger partial charge in [0.05, 0.1) is 5.54 Å². The third-order valence-electron chi connectivity index (χ3n) is 3.93. The number of nitrogens with one attached hydrogen (secondary N) is 1. The lowest BCUT2D eigenvalue weighted by atomic mass is 9.72. The molecular weight excluding hydrogens is 233 g/mol. The Morgan fingerprint density at radius 2 is 1.83 bits per heavy atom. The lowest BCUT2D eigenvalue weighted by Gasteiger charge is -2.50. The molecule has 1 aromatic rings. The molecule has 1 aromatic carbocycles.